The molecule has 4 aromatic rings. The van der Waals surface area contributed by atoms with Gasteiger partial charge in [0.05, 0.1) is 25.2 Å². The number of fused-ring (bicyclic) bond motifs is 1. The van der Waals surface area contributed by atoms with E-state index in [0.717, 1.165) is 5.75 Å². The monoisotopic (exact) mass is 451 g/mol. The number of ether oxygens (including phenoxy) is 2. The third-order valence-electron chi connectivity index (χ3n) is 4.58. The van der Waals surface area contributed by atoms with Crippen LogP contribution >= 0.6 is 11.8 Å². The van der Waals surface area contributed by atoms with Crippen LogP contribution in [0.5, 0.6) is 11.5 Å². The number of rotatable bonds is 8. The van der Waals surface area contributed by atoms with E-state index in [1.54, 1.807) is 60.3 Å². The van der Waals surface area contributed by atoms with E-state index in [9.17, 15) is 9.59 Å². The van der Waals surface area contributed by atoms with Crippen LogP contribution < -0.4 is 20.3 Å². The molecule has 0 saturated heterocycles. The Bertz CT molecular complexity index is 1300. The Balaban J connectivity index is 1.49. The molecular formula is C22H21N5O4S. The maximum atomic E-state index is 12.9. The lowest BCUT2D eigenvalue weighted by atomic mass is 10.3. The van der Waals surface area contributed by atoms with Crippen molar-refractivity contribution in [2.75, 3.05) is 24.8 Å². The SMILES string of the molecule is CCOc1ccc(-n2ccn3c(SCC(=O)Nc4ccccc4OC)nnc3c2=O)cc1. The number of amides is 1. The normalized spacial score (nSPS) is 10.8. The van der Waals surface area contributed by atoms with E-state index in [2.05, 4.69) is 15.5 Å². The van der Waals surface area contributed by atoms with Crippen molar-refractivity contribution in [3.8, 4) is 17.2 Å². The number of benzene rings is 2. The van der Waals surface area contributed by atoms with E-state index in [-0.39, 0.29) is 22.9 Å². The molecule has 1 N–H and O–H groups in total. The Hall–Kier alpha value is -3.79. The molecule has 2 aromatic carbocycles. The topological polar surface area (TPSA) is 99.8 Å². The van der Waals surface area contributed by atoms with Gasteiger partial charge < -0.3 is 14.8 Å². The molecule has 0 saturated carbocycles. The van der Waals surface area contributed by atoms with E-state index in [1.807, 2.05) is 19.1 Å². The number of carbonyl (C=O) groups is 1. The van der Waals surface area contributed by atoms with E-state index in [4.69, 9.17) is 9.47 Å². The van der Waals surface area contributed by atoms with Crippen molar-refractivity contribution in [2.24, 2.45) is 0 Å². The number of nitrogens with one attached hydrogen (secondary N) is 1. The van der Waals surface area contributed by atoms with Crippen molar-refractivity contribution >= 4 is 29.0 Å². The first-order chi connectivity index (χ1) is 15.6. The van der Waals surface area contributed by atoms with Crippen LogP contribution in [-0.4, -0.2) is 44.5 Å². The molecule has 164 valence electrons. The molecule has 0 unspecified atom stereocenters. The lowest BCUT2D eigenvalue weighted by Gasteiger charge is -2.09. The van der Waals surface area contributed by atoms with Gasteiger partial charge in [0.15, 0.2) is 5.16 Å². The van der Waals surface area contributed by atoms with Gasteiger partial charge in [0, 0.05) is 18.1 Å². The largest absolute Gasteiger partial charge is 0.495 e. The van der Waals surface area contributed by atoms with Gasteiger partial charge in [-0.15, -0.1) is 10.2 Å². The van der Waals surface area contributed by atoms with Crippen molar-refractivity contribution in [2.45, 2.75) is 12.1 Å². The van der Waals surface area contributed by atoms with Crippen molar-refractivity contribution < 1.29 is 14.3 Å². The van der Waals surface area contributed by atoms with Gasteiger partial charge in [0.2, 0.25) is 11.6 Å². The van der Waals surface area contributed by atoms with Crippen LogP contribution in [0.2, 0.25) is 0 Å². The highest BCUT2D eigenvalue weighted by atomic mass is 32.2. The molecule has 2 aromatic heterocycles. The van der Waals surface area contributed by atoms with Crippen molar-refractivity contribution in [1.82, 2.24) is 19.2 Å². The summed E-state index contributed by atoms with van der Waals surface area (Å²) in [6.45, 7) is 2.48. The van der Waals surface area contributed by atoms with Crippen LogP contribution in [0.3, 0.4) is 0 Å². The molecule has 0 spiro atoms. The highest BCUT2D eigenvalue weighted by Gasteiger charge is 2.14. The minimum atomic E-state index is -0.311. The van der Waals surface area contributed by atoms with E-state index in [1.165, 1.54) is 16.3 Å². The summed E-state index contributed by atoms with van der Waals surface area (Å²) in [5.41, 5.74) is 1.14. The number of nitrogens with zero attached hydrogens (tertiary/aromatic N) is 4. The number of thioether (sulfide) groups is 1. The molecule has 10 heteroatoms. The fourth-order valence-corrected chi connectivity index (χ4v) is 3.82. The molecule has 0 aliphatic carbocycles. The fraction of sp³-hybridized carbons (Fsp3) is 0.182. The smallest absolute Gasteiger partial charge is 0.300 e. The van der Waals surface area contributed by atoms with Gasteiger partial charge in [-0.1, -0.05) is 23.9 Å². The minimum Gasteiger partial charge on any atom is -0.495 e. The maximum absolute atomic E-state index is 12.9. The zero-order chi connectivity index (χ0) is 22.5. The Morgan fingerprint density at radius 1 is 1.09 bits per heavy atom. The fourth-order valence-electron chi connectivity index (χ4n) is 3.10. The minimum absolute atomic E-state index is 0.0980. The Morgan fingerprint density at radius 2 is 1.88 bits per heavy atom. The van der Waals surface area contributed by atoms with Crippen molar-refractivity contribution in [1.29, 1.82) is 0 Å². The van der Waals surface area contributed by atoms with Gasteiger partial charge in [-0.25, -0.2) is 0 Å². The second kappa shape index (κ2) is 9.56. The zero-order valence-electron chi connectivity index (χ0n) is 17.5. The van der Waals surface area contributed by atoms with Crippen LogP contribution in [-0.2, 0) is 4.79 Å². The van der Waals surface area contributed by atoms with E-state index < -0.39 is 0 Å². The third kappa shape index (κ3) is 4.45. The summed E-state index contributed by atoms with van der Waals surface area (Å²) in [7, 11) is 1.54. The van der Waals surface area contributed by atoms with Crippen LogP contribution in [0.15, 0.2) is 70.9 Å². The first kappa shape index (κ1) is 21.4. The average Bonchev–Trinajstić information content (AvgIpc) is 3.23. The van der Waals surface area contributed by atoms with Crippen LogP contribution in [0.1, 0.15) is 6.92 Å². The van der Waals surface area contributed by atoms with Gasteiger partial charge >= 0.3 is 5.56 Å². The quantitative estimate of drug-likeness (QED) is 0.411. The molecule has 0 atom stereocenters. The van der Waals surface area contributed by atoms with Crippen LogP contribution in [0, 0.1) is 0 Å². The lowest BCUT2D eigenvalue weighted by molar-refractivity contribution is -0.113. The maximum Gasteiger partial charge on any atom is 0.300 e. The van der Waals surface area contributed by atoms with Crippen molar-refractivity contribution in [3.63, 3.8) is 0 Å². The predicted molar refractivity (Wildman–Crippen MR) is 122 cm³/mol. The Kier molecular flexibility index (Phi) is 6.41. The number of hydrogen-bond acceptors (Lipinski definition) is 7. The number of anilines is 1. The summed E-state index contributed by atoms with van der Waals surface area (Å²) in [5, 5.41) is 11.4. The van der Waals surface area contributed by atoms with Gasteiger partial charge in [0.25, 0.3) is 0 Å². The highest BCUT2D eigenvalue weighted by molar-refractivity contribution is 7.99. The summed E-state index contributed by atoms with van der Waals surface area (Å²) in [4.78, 5) is 25.3. The standard InChI is InChI=1S/C22H21N5O4S/c1-3-31-16-10-8-15(9-11-16)26-12-13-27-20(21(26)29)24-25-22(27)32-14-19(28)23-17-6-4-5-7-18(17)30-2/h4-13H,3,14H2,1-2H3,(H,23,28). The van der Waals surface area contributed by atoms with Gasteiger partial charge in [-0.05, 0) is 43.3 Å². The van der Waals surface area contributed by atoms with Crippen LogP contribution in [0.4, 0.5) is 5.69 Å². The summed E-state index contributed by atoms with van der Waals surface area (Å²) >= 11 is 1.19. The summed E-state index contributed by atoms with van der Waals surface area (Å²) < 4.78 is 13.7. The molecular weight excluding hydrogens is 430 g/mol. The van der Waals surface area contributed by atoms with Gasteiger partial charge in [0.1, 0.15) is 11.5 Å². The summed E-state index contributed by atoms with van der Waals surface area (Å²) in [6.07, 6.45) is 3.35. The highest BCUT2D eigenvalue weighted by Crippen LogP contribution is 2.24. The molecule has 0 bridgehead atoms. The summed E-state index contributed by atoms with van der Waals surface area (Å²) in [5.74, 6) is 1.19. The Morgan fingerprint density at radius 3 is 2.62 bits per heavy atom. The Labute approximate surface area is 188 Å². The molecule has 32 heavy (non-hydrogen) atoms. The lowest BCUT2D eigenvalue weighted by Crippen LogP contribution is -2.20. The van der Waals surface area contributed by atoms with E-state index in [0.29, 0.717) is 28.9 Å². The molecule has 0 aliphatic rings. The zero-order valence-corrected chi connectivity index (χ0v) is 18.3. The average molecular weight is 452 g/mol. The molecule has 0 aliphatic heterocycles. The van der Waals surface area contributed by atoms with Crippen molar-refractivity contribution in [3.05, 3.63) is 71.3 Å². The summed E-state index contributed by atoms with van der Waals surface area (Å²) in [6, 6.07) is 14.4. The predicted octanol–water partition coefficient (Wildman–Crippen LogP) is 3.02. The number of hydrogen-bond donors (Lipinski definition) is 1. The molecule has 0 fully saturated rings. The van der Waals surface area contributed by atoms with Gasteiger partial charge in [-0.2, -0.15) is 0 Å². The number of carbonyl (C=O) groups excluding carboxylic acids is 1. The van der Waals surface area contributed by atoms with Crippen LogP contribution in [0.25, 0.3) is 11.3 Å². The first-order valence-corrected chi connectivity index (χ1v) is 10.8. The molecule has 0 radical (unpaired) electrons. The molecule has 9 nitrogen and oxygen atoms in total. The van der Waals surface area contributed by atoms with Gasteiger partial charge in [-0.3, -0.25) is 18.6 Å². The number of aromatic nitrogens is 4. The third-order valence-corrected chi connectivity index (χ3v) is 5.52. The number of para-hydroxylation sites is 2. The molecule has 4 rings (SSSR count). The first-order valence-electron chi connectivity index (χ1n) is 9.86. The molecule has 2 heterocycles. The van der Waals surface area contributed by atoms with E-state index >= 15 is 0 Å². The second-order valence-corrected chi connectivity index (χ2v) is 7.56. The number of methoxy groups -OCH3 is 1. The second-order valence-electron chi connectivity index (χ2n) is 6.61. The molecule has 1 amide bonds.